The maximum absolute atomic E-state index is 5.36. The van der Waals surface area contributed by atoms with Crippen LogP contribution in [0.2, 0.25) is 0 Å². The van der Waals surface area contributed by atoms with E-state index in [1.54, 1.807) is 14.2 Å². The lowest BCUT2D eigenvalue weighted by Gasteiger charge is -2.16. The van der Waals surface area contributed by atoms with Crippen molar-refractivity contribution in [3.05, 3.63) is 0 Å². The fourth-order valence-electron chi connectivity index (χ4n) is 1.04. The fourth-order valence-corrected chi connectivity index (χ4v) is 1.04. The van der Waals surface area contributed by atoms with E-state index in [1.165, 1.54) is 0 Å². The molecule has 0 aliphatic heterocycles. The van der Waals surface area contributed by atoms with E-state index in [1.807, 2.05) is 0 Å². The summed E-state index contributed by atoms with van der Waals surface area (Å²) in [6.45, 7) is 5.93. The molecule has 98 valence electrons. The van der Waals surface area contributed by atoms with E-state index in [9.17, 15) is 0 Å². The monoisotopic (exact) mass is 235 g/mol. The van der Waals surface area contributed by atoms with E-state index >= 15 is 0 Å². The zero-order valence-corrected chi connectivity index (χ0v) is 10.7. The minimum absolute atomic E-state index is 0.657. The summed E-state index contributed by atoms with van der Waals surface area (Å²) in [7, 11) is 5.40. The summed E-state index contributed by atoms with van der Waals surface area (Å²) in [5.41, 5.74) is 0. The second kappa shape index (κ2) is 12.9. The second-order valence-electron chi connectivity index (χ2n) is 3.51. The van der Waals surface area contributed by atoms with E-state index < -0.39 is 0 Å². The van der Waals surface area contributed by atoms with Crippen LogP contribution in [0.3, 0.4) is 0 Å². The molecule has 5 heteroatoms. The molecule has 0 bridgehead atoms. The molecule has 0 heterocycles. The zero-order valence-electron chi connectivity index (χ0n) is 10.7. The van der Waals surface area contributed by atoms with Crippen molar-refractivity contribution in [1.82, 2.24) is 4.90 Å². The van der Waals surface area contributed by atoms with Gasteiger partial charge in [0.15, 0.2) is 0 Å². The summed E-state index contributed by atoms with van der Waals surface area (Å²) in [6.07, 6.45) is 0. The molecular formula is C11H25NO4. The van der Waals surface area contributed by atoms with Crippen LogP contribution in [0.1, 0.15) is 0 Å². The van der Waals surface area contributed by atoms with Gasteiger partial charge in [0, 0.05) is 27.3 Å². The maximum Gasteiger partial charge on any atom is 0.0700 e. The van der Waals surface area contributed by atoms with Crippen LogP contribution in [0.25, 0.3) is 0 Å². The van der Waals surface area contributed by atoms with Crippen molar-refractivity contribution in [2.75, 3.05) is 74.0 Å². The van der Waals surface area contributed by atoms with Crippen molar-refractivity contribution in [2.45, 2.75) is 0 Å². The Hall–Kier alpha value is -0.200. The highest BCUT2D eigenvalue weighted by Crippen LogP contribution is 1.85. The molecule has 0 atom stereocenters. The van der Waals surface area contributed by atoms with E-state index in [2.05, 4.69) is 11.9 Å². The fraction of sp³-hybridized carbons (Fsp3) is 1.00. The minimum atomic E-state index is 0.657. The smallest absolute Gasteiger partial charge is 0.0700 e. The first-order chi connectivity index (χ1) is 7.81. The summed E-state index contributed by atoms with van der Waals surface area (Å²) >= 11 is 0. The summed E-state index contributed by atoms with van der Waals surface area (Å²) < 4.78 is 20.5. The lowest BCUT2D eigenvalue weighted by atomic mass is 10.5. The Balaban J connectivity index is 3.09. The molecule has 0 aliphatic rings. The Morgan fingerprint density at radius 2 is 1.12 bits per heavy atom. The first-order valence-corrected chi connectivity index (χ1v) is 5.63. The van der Waals surface area contributed by atoms with Gasteiger partial charge in [0.25, 0.3) is 0 Å². The lowest BCUT2D eigenvalue weighted by molar-refractivity contribution is 0.0437. The van der Waals surface area contributed by atoms with Crippen LogP contribution in [-0.2, 0) is 18.9 Å². The van der Waals surface area contributed by atoms with Crippen LogP contribution in [0, 0.1) is 0 Å². The van der Waals surface area contributed by atoms with Gasteiger partial charge in [-0.1, -0.05) is 0 Å². The first-order valence-electron chi connectivity index (χ1n) is 5.63. The number of hydrogen-bond donors (Lipinski definition) is 0. The summed E-state index contributed by atoms with van der Waals surface area (Å²) in [6, 6.07) is 0. The topological polar surface area (TPSA) is 40.2 Å². The Kier molecular flexibility index (Phi) is 12.7. The zero-order chi connectivity index (χ0) is 12.1. The summed E-state index contributed by atoms with van der Waals surface area (Å²) in [5.74, 6) is 0. The van der Waals surface area contributed by atoms with Gasteiger partial charge in [0.05, 0.1) is 39.6 Å². The van der Waals surface area contributed by atoms with Crippen molar-refractivity contribution >= 4 is 0 Å². The molecule has 0 aromatic heterocycles. The SMILES string of the molecule is COCCOCCN(C)CCOCCOC. The van der Waals surface area contributed by atoms with Crippen molar-refractivity contribution in [1.29, 1.82) is 0 Å². The number of ether oxygens (including phenoxy) is 4. The molecule has 0 unspecified atom stereocenters. The lowest BCUT2D eigenvalue weighted by Crippen LogP contribution is -2.27. The van der Waals surface area contributed by atoms with Crippen molar-refractivity contribution in [2.24, 2.45) is 0 Å². The highest BCUT2D eigenvalue weighted by atomic mass is 16.5. The van der Waals surface area contributed by atoms with Crippen LogP contribution >= 0.6 is 0 Å². The molecule has 16 heavy (non-hydrogen) atoms. The third kappa shape index (κ3) is 11.9. The number of methoxy groups -OCH3 is 2. The Morgan fingerprint density at radius 3 is 1.50 bits per heavy atom. The first kappa shape index (κ1) is 15.8. The van der Waals surface area contributed by atoms with Crippen LogP contribution in [0.4, 0.5) is 0 Å². The van der Waals surface area contributed by atoms with Crippen LogP contribution in [-0.4, -0.2) is 78.9 Å². The number of rotatable bonds is 12. The van der Waals surface area contributed by atoms with E-state index in [0.717, 1.165) is 26.3 Å². The van der Waals surface area contributed by atoms with Gasteiger partial charge in [-0.2, -0.15) is 0 Å². The third-order valence-corrected chi connectivity index (χ3v) is 2.10. The van der Waals surface area contributed by atoms with Gasteiger partial charge < -0.3 is 23.8 Å². The number of hydrogen-bond acceptors (Lipinski definition) is 5. The molecule has 0 N–H and O–H groups in total. The molecule has 0 saturated carbocycles. The van der Waals surface area contributed by atoms with Gasteiger partial charge in [-0.3, -0.25) is 0 Å². The summed E-state index contributed by atoms with van der Waals surface area (Å²) in [5, 5.41) is 0. The van der Waals surface area contributed by atoms with Crippen molar-refractivity contribution < 1.29 is 18.9 Å². The van der Waals surface area contributed by atoms with Crippen LogP contribution in [0.5, 0.6) is 0 Å². The van der Waals surface area contributed by atoms with E-state index in [4.69, 9.17) is 18.9 Å². The largest absolute Gasteiger partial charge is 0.382 e. The third-order valence-electron chi connectivity index (χ3n) is 2.10. The maximum atomic E-state index is 5.36. The normalized spacial score (nSPS) is 11.2. The van der Waals surface area contributed by atoms with Gasteiger partial charge in [-0.25, -0.2) is 0 Å². The average molecular weight is 235 g/mol. The van der Waals surface area contributed by atoms with Crippen LogP contribution < -0.4 is 0 Å². The van der Waals surface area contributed by atoms with Gasteiger partial charge >= 0.3 is 0 Å². The highest BCUT2D eigenvalue weighted by Gasteiger charge is 1.98. The summed E-state index contributed by atoms with van der Waals surface area (Å²) in [4.78, 5) is 2.18. The Morgan fingerprint density at radius 1 is 0.688 bits per heavy atom. The van der Waals surface area contributed by atoms with E-state index in [0.29, 0.717) is 26.4 Å². The second-order valence-corrected chi connectivity index (χ2v) is 3.51. The molecule has 0 rings (SSSR count). The number of likely N-dealkylation sites (N-methyl/N-ethyl adjacent to an activating group) is 1. The molecular weight excluding hydrogens is 210 g/mol. The van der Waals surface area contributed by atoms with Gasteiger partial charge in [0.1, 0.15) is 0 Å². The molecule has 0 fully saturated rings. The molecule has 0 spiro atoms. The molecule has 0 aliphatic carbocycles. The van der Waals surface area contributed by atoms with Gasteiger partial charge in [-0.05, 0) is 7.05 Å². The van der Waals surface area contributed by atoms with Gasteiger partial charge in [0.2, 0.25) is 0 Å². The van der Waals surface area contributed by atoms with Crippen molar-refractivity contribution in [3.8, 4) is 0 Å². The standard InChI is InChI=1S/C11H25NO4/c1-12(4-6-15-10-8-13-2)5-7-16-11-9-14-3/h4-11H2,1-3H3. The van der Waals surface area contributed by atoms with Crippen LogP contribution in [0.15, 0.2) is 0 Å². The molecule has 0 saturated heterocycles. The quantitative estimate of drug-likeness (QED) is 0.453. The molecule has 0 aromatic carbocycles. The predicted molar refractivity (Wildman–Crippen MR) is 62.9 cm³/mol. The molecule has 5 nitrogen and oxygen atoms in total. The van der Waals surface area contributed by atoms with Crippen molar-refractivity contribution in [3.63, 3.8) is 0 Å². The Bertz CT molecular complexity index is 121. The molecule has 0 radical (unpaired) electrons. The minimum Gasteiger partial charge on any atom is -0.382 e. The van der Waals surface area contributed by atoms with Gasteiger partial charge in [-0.15, -0.1) is 0 Å². The number of nitrogens with zero attached hydrogens (tertiary/aromatic N) is 1. The predicted octanol–water partition coefficient (Wildman–Crippen LogP) is 0.244. The highest BCUT2D eigenvalue weighted by molar-refractivity contribution is 4.49. The molecule has 0 aromatic rings. The Labute approximate surface area is 98.6 Å². The average Bonchev–Trinajstić information content (AvgIpc) is 2.28. The molecule has 0 amide bonds. The van der Waals surface area contributed by atoms with E-state index in [-0.39, 0.29) is 0 Å².